The maximum Gasteiger partial charge on any atom is 0.291 e. The number of nitro benzene ring substituents is 1. The lowest BCUT2D eigenvalue weighted by Crippen LogP contribution is -2.12. The molecule has 2 rings (SSSR count). The Morgan fingerprint density at radius 1 is 1.08 bits per heavy atom. The van der Waals surface area contributed by atoms with Crippen molar-refractivity contribution in [2.75, 3.05) is 5.32 Å². The molecule has 0 saturated carbocycles. The van der Waals surface area contributed by atoms with Crippen LogP contribution < -0.4 is 5.32 Å². The summed E-state index contributed by atoms with van der Waals surface area (Å²) in [5, 5.41) is 36.6. The molecule has 0 bridgehead atoms. The molecular weight excluding hydrogens is 381 g/mol. The van der Waals surface area contributed by atoms with Gasteiger partial charge in [0.2, 0.25) is 0 Å². The summed E-state index contributed by atoms with van der Waals surface area (Å²) in [7, 11) is 0. The second-order valence-electron chi connectivity index (χ2n) is 4.27. The Hall–Kier alpha value is -3.11. The number of anilines is 1. The Balaban J connectivity index is 0.000000705. The van der Waals surface area contributed by atoms with Crippen molar-refractivity contribution in [3.63, 3.8) is 0 Å². The van der Waals surface area contributed by atoms with E-state index >= 15 is 0 Å². The van der Waals surface area contributed by atoms with Gasteiger partial charge in [0.1, 0.15) is 5.75 Å². The van der Waals surface area contributed by atoms with E-state index in [1.165, 1.54) is 30.3 Å². The zero-order valence-corrected chi connectivity index (χ0v) is 13.6. The van der Waals surface area contributed by atoms with Crippen LogP contribution >= 0.6 is 23.2 Å². The Bertz CT molecular complexity index is 825. The van der Waals surface area contributed by atoms with Gasteiger partial charge in [-0.15, -0.1) is 10.1 Å². The summed E-state index contributed by atoms with van der Waals surface area (Å²) in [5.41, 5.74) is -0.0350. The van der Waals surface area contributed by atoms with E-state index in [0.29, 0.717) is 0 Å². The lowest BCUT2D eigenvalue weighted by Gasteiger charge is -2.08. The van der Waals surface area contributed by atoms with E-state index in [4.69, 9.17) is 38.5 Å². The van der Waals surface area contributed by atoms with Gasteiger partial charge >= 0.3 is 0 Å². The fourth-order valence-corrected chi connectivity index (χ4v) is 1.99. The number of hydrogen-bond donors (Lipinski definition) is 3. The number of nitro groups is 1. The molecule has 0 radical (unpaired) electrons. The van der Waals surface area contributed by atoms with Crippen molar-refractivity contribution in [1.29, 1.82) is 0 Å². The van der Waals surface area contributed by atoms with Crippen molar-refractivity contribution in [1.82, 2.24) is 0 Å². The molecule has 0 heterocycles. The SMILES string of the molecule is O=C(Nc1ccc([N+](=O)[O-])cc1Cl)c1cc(Cl)ccc1O.O=[N+]([O-])O. The van der Waals surface area contributed by atoms with Crippen LogP contribution in [0.5, 0.6) is 5.75 Å². The number of non-ortho nitro benzene ring substituents is 1. The molecule has 10 nitrogen and oxygen atoms in total. The Labute approximate surface area is 149 Å². The molecule has 0 aromatic heterocycles. The first-order chi connectivity index (χ1) is 11.6. The number of rotatable bonds is 3. The Morgan fingerprint density at radius 2 is 1.68 bits per heavy atom. The van der Waals surface area contributed by atoms with Gasteiger partial charge < -0.3 is 15.6 Å². The van der Waals surface area contributed by atoms with Crippen LogP contribution in [0, 0.1) is 20.2 Å². The third-order valence-corrected chi connectivity index (χ3v) is 3.16. The van der Waals surface area contributed by atoms with E-state index in [1.807, 2.05) is 0 Å². The number of hydrogen-bond acceptors (Lipinski definition) is 6. The van der Waals surface area contributed by atoms with Crippen molar-refractivity contribution < 1.29 is 25.1 Å². The molecule has 3 N–H and O–H groups in total. The smallest absolute Gasteiger partial charge is 0.291 e. The largest absolute Gasteiger partial charge is 0.507 e. The predicted molar refractivity (Wildman–Crippen MR) is 88.0 cm³/mol. The van der Waals surface area contributed by atoms with Gasteiger partial charge in [-0.25, -0.2) is 0 Å². The first-order valence-corrected chi connectivity index (χ1v) is 6.94. The highest BCUT2D eigenvalue weighted by Gasteiger charge is 2.15. The van der Waals surface area contributed by atoms with Crippen molar-refractivity contribution in [3.8, 4) is 5.75 Å². The summed E-state index contributed by atoms with van der Waals surface area (Å²) >= 11 is 11.6. The quantitative estimate of drug-likeness (QED) is 0.535. The minimum absolute atomic E-state index is 0.0130. The molecule has 2 aromatic rings. The molecule has 0 fully saturated rings. The van der Waals surface area contributed by atoms with Crippen molar-refractivity contribution in [2.24, 2.45) is 0 Å². The number of aromatic hydroxyl groups is 1. The van der Waals surface area contributed by atoms with E-state index in [1.54, 1.807) is 0 Å². The van der Waals surface area contributed by atoms with Gasteiger partial charge in [-0.2, -0.15) is 0 Å². The fraction of sp³-hybridized carbons (Fsp3) is 0. The number of carbonyl (C=O) groups is 1. The molecule has 25 heavy (non-hydrogen) atoms. The molecule has 0 atom stereocenters. The monoisotopic (exact) mass is 389 g/mol. The van der Waals surface area contributed by atoms with Gasteiger partial charge in [-0.05, 0) is 24.3 Å². The number of halogens is 2. The Kier molecular flexibility index (Phi) is 6.91. The molecule has 132 valence electrons. The van der Waals surface area contributed by atoms with Gasteiger partial charge in [0.15, 0.2) is 0 Å². The number of amides is 1. The minimum atomic E-state index is -1.50. The summed E-state index contributed by atoms with van der Waals surface area (Å²) in [6.45, 7) is 0. The molecule has 0 aliphatic heterocycles. The lowest BCUT2D eigenvalue weighted by molar-refractivity contribution is -0.742. The maximum absolute atomic E-state index is 12.0. The molecule has 0 unspecified atom stereocenters. The maximum atomic E-state index is 12.0. The summed E-state index contributed by atoms with van der Waals surface area (Å²) in [4.78, 5) is 30.4. The lowest BCUT2D eigenvalue weighted by atomic mass is 10.2. The Morgan fingerprint density at radius 3 is 2.20 bits per heavy atom. The van der Waals surface area contributed by atoms with E-state index in [9.17, 15) is 20.0 Å². The van der Waals surface area contributed by atoms with Crippen molar-refractivity contribution in [3.05, 3.63) is 72.2 Å². The van der Waals surface area contributed by atoms with E-state index in [-0.39, 0.29) is 32.7 Å². The second-order valence-corrected chi connectivity index (χ2v) is 5.12. The summed E-state index contributed by atoms with van der Waals surface area (Å²) in [5.74, 6) is -0.874. The highest BCUT2D eigenvalue weighted by Crippen LogP contribution is 2.28. The van der Waals surface area contributed by atoms with Crippen molar-refractivity contribution >= 4 is 40.5 Å². The van der Waals surface area contributed by atoms with Crippen LogP contribution in [0.1, 0.15) is 10.4 Å². The predicted octanol–water partition coefficient (Wildman–Crippen LogP) is 3.51. The van der Waals surface area contributed by atoms with Crippen LogP contribution in [0.15, 0.2) is 36.4 Å². The minimum Gasteiger partial charge on any atom is -0.507 e. The summed E-state index contributed by atoms with van der Waals surface area (Å²) in [6.07, 6.45) is 0. The van der Waals surface area contributed by atoms with Crippen LogP contribution in [-0.2, 0) is 0 Å². The van der Waals surface area contributed by atoms with Gasteiger partial charge in [0, 0.05) is 17.2 Å². The molecule has 0 spiro atoms. The van der Waals surface area contributed by atoms with Gasteiger partial charge in [0.05, 0.1) is 21.2 Å². The summed E-state index contributed by atoms with van der Waals surface area (Å²) in [6, 6.07) is 7.65. The van der Waals surface area contributed by atoms with Crippen LogP contribution in [0.25, 0.3) is 0 Å². The molecular formula is C13H9Cl2N3O7. The fourth-order valence-electron chi connectivity index (χ4n) is 1.60. The van der Waals surface area contributed by atoms with E-state index < -0.39 is 15.9 Å². The van der Waals surface area contributed by atoms with Crippen LogP contribution in [0.3, 0.4) is 0 Å². The number of phenolic OH excluding ortho intramolecular Hbond substituents is 1. The second kappa shape index (κ2) is 8.66. The molecule has 0 aliphatic carbocycles. The van der Waals surface area contributed by atoms with Gasteiger partial charge in [-0.3, -0.25) is 14.9 Å². The van der Waals surface area contributed by atoms with Crippen LogP contribution in [-0.4, -0.2) is 26.2 Å². The zero-order chi connectivity index (χ0) is 19.1. The average molecular weight is 390 g/mol. The normalized spacial score (nSPS) is 9.52. The molecule has 12 heteroatoms. The third kappa shape index (κ3) is 6.12. The van der Waals surface area contributed by atoms with Crippen molar-refractivity contribution in [2.45, 2.75) is 0 Å². The van der Waals surface area contributed by atoms with E-state index in [2.05, 4.69) is 5.32 Å². The third-order valence-electron chi connectivity index (χ3n) is 2.61. The highest BCUT2D eigenvalue weighted by molar-refractivity contribution is 6.34. The topological polar surface area (TPSA) is 156 Å². The number of benzene rings is 2. The molecule has 1 amide bonds. The van der Waals surface area contributed by atoms with Gasteiger partial charge in [0.25, 0.3) is 16.7 Å². The number of nitrogens with zero attached hydrogens (tertiary/aromatic N) is 2. The number of carbonyl (C=O) groups excluding carboxylic acids is 1. The molecule has 0 aliphatic rings. The number of phenols is 1. The highest BCUT2D eigenvalue weighted by atomic mass is 35.5. The first-order valence-electron chi connectivity index (χ1n) is 6.19. The molecule has 2 aromatic carbocycles. The molecule has 0 saturated heterocycles. The van der Waals surface area contributed by atoms with Gasteiger partial charge in [-0.1, -0.05) is 23.2 Å². The number of nitrogens with one attached hydrogen (secondary N) is 1. The van der Waals surface area contributed by atoms with Crippen LogP contribution in [0.2, 0.25) is 10.0 Å². The first kappa shape index (κ1) is 19.9. The van der Waals surface area contributed by atoms with E-state index in [0.717, 1.165) is 6.07 Å². The van der Waals surface area contributed by atoms with Crippen LogP contribution in [0.4, 0.5) is 11.4 Å². The summed E-state index contributed by atoms with van der Waals surface area (Å²) < 4.78 is 0. The average Bonchev–Trinajstić information content (AvgIpc) is 2.50. The zero-order valence-electron chi connectivity index (χ0n) is 12.1. The standard InChI is InChI=1S/C13H8Cl2N2O4.HNO3/c14-7-1-4-12(18)9(5-7)13(19)16-11-3-2-8(17(20)21)6-10(11)15;2-1(3)4/h1-6,18H,(H,16,19);(H,2,3,4).